The van der Waals surface area contributed by atoms with Gasteiger partial charge in [-0.15, -0.1) is 11.8 Å². The maximum Gasteiger partial charge on any atom is 0.247 e. The smallest absolute Gasteiger partial charge is 0.247 e. The molecule has 0 bridgehead atoms. The zero-order valence-corrected chi connectivity index (χ0v) is 9.60. The largest absolute Gasteiger partial charge is 0.399 e. The van der Waals surface area contributed by atoms with E-state index in [9.17, 15) is 4.79 Å². The van der Waals surface area contributed by atoms with Gasteiger partial charge in [-0.2, -0.15) is 0 Å². The number of carbonyl (C=O) groups is 1. The third kappa shape index (κ3) is 3.14. The summed E-state index contributed by atoms with van der Waals surface area (Å²) < 4.78 is 0. The van der Waals surface area contributed by atoms with Gasteiger partial charge in [0.05, 0.1) is 5.25 Å². The van der Waals surface area contributed by atoms with Gasteiger partial charge in [-0.1, -0.05) is 0 Å². The van der Waals surface area contributed by atoms with Crippen molar-refractivity contribution >= 4 is 23.4 Å². The minimum atomic E-state index is -0.211. The number of benzene rings is 1. The van der Waals surface area contributed by atoms with Crippen LogP contribution in [0.25, 0.3) is 0 Å². The number of anilines is 1. The van der Waals surface area contributed by atoms with Crippen LogP contribution in [0.3, 0.4) is 0 Å². The first kappa shape index (κ1) is 11.9. The Bertz CT molecular complexity index is 368. The second-order valence-corrected chi connectivity index (χ2v) is 4.68. The van der Waals surface area contributed by atoms with E-state index in [-0.39, 0.29) is 11.2 Å². The highest BCUT2D eigenvalue weighted by molar-refractivity contribution is 8.00. The number of nitrogens with one attached hydrogen (secondary N) is 1. The molecule has 0 heterocycles. The molecule has 82 valence electrons. The molecule has 5 N–H and O–H groups in total. The van der Waals surface area contributed by atoms with E-state index in [2.05, 4.69) is 5.43 Å². The summed E-state index contributed by atoms with van der Waals surface area (Å²) in [5.41, 5.74) is 9.56. The molecule has 0 spiro atoms. The van der Waals surface area contributed by atoms with E-state index in [0.29, 0.717) is 0 Å². The summed E-state index contributed by atoms with van der Waals surface area (Å²) in [5, 5.41) is -0.211. The molecule has 1 aromatic rings. The Labute approximate surface area is 93.4 Å². The van der Waals surface area contributed by atoms with E-state index in [1.54, 1.807) is 0 Å². The monoisotopic (exact) mass is 225 g/mol. The van der Waals surface area contributed by atoms with E-state index in [1.165, 1.54) is 11.8 Å². The van der Waals surface area contributed by atoms with Crippen LogP contribution in [0.2, 0.25) is 0 Å². The summed E-state index contributed by atoms with van der Waals surface area (Å²) in [7, 11) is 0. The normalized spacial score (nSPS) is 12.2. The molecule has 0 radical (unpaired) electrons. The average molecular weight is 225 g/mol. The van der Waals surface area contributed by atoms with Crippen LogP contribution in [0.1, 0.15) is 12.5 Å². The molecule has 0 aliphatic heterocycles. The quantitative estimate of drug-likeness (QED) is 0.236. The van der Waals surface area contributed by atoms with E-state index >= 15 is 0 Å². The summed E-state index contributed by atoms with van der Waals surface area (Å²) >= 11 is 1.46. The average Bonchev–Trinajstić information content (AvgIpc) is 2.20. The number of thioether (sulfide) groups is 1. The number of aryl methyl sites for hydroxylation is 1. The Morgan fingerprint density at radius 1 is 1.53 bits per heavy atom. The molecule has 1 unspecified atom stereocenters. The fourth-order valence-electron chi connectivity index (χ4n) is 1.17. The van der Waals surface area contributed by atoms with Gasteiger partial charge in [-0.05, 0) is 37.6 Å². The lowest BCUT2D eigenvalue weighted by molar-refractivity contribution is -0.120. The number of rotatable bonds is 3. The predicted octanol–water partition coefficient (Wildman–Crippen LogP) is 1.05. The highest BCUT2D eigenvalue weighted by atomic mass is 32.2. The first-order valence-electron chi connectivity index (χ1n) is 4.58. The summed E-state index contributed by atoms with van der Waals surface area (Å²) in [6.07, 6.45) is 0. The fraction of sp³-hybridized carbons (Fsp3) is 0.300. The molecule has 1 atom stereocenters. The van der Waals surface area contributed by atoms with E-state index in [1.807, 2.05) is 32.0 Å². The van der Waals surface area contributed by atoms with Gasteiger partial charge in [0.1, 0.15) is 0 Å². The number of carbonyl (C=O) groups excluding carboxylic acids is 1. The number of nitrogens with two attached hydrogens (primary N) is 2. The highest BCUT2D eigenvalue weighted by Gasteiger charge is 2.13. The van der Waals surface area contributed by atoms with Crippen LogP contribution < -0.4 is 17.0 Å². The Kier molecular flexibility index (Phi) is 3.99. The first-order chi connectivity index (χ1) is 7.04. The van der Waals surface area contributed by atoms with Crippen LogP contribution in [-0.4, -0.2) is 11.2 Å². The highest BCUT2D eigenvalue weighted by Crippen LogP contribution is 2.27. The first-order valence-corrected chi connectivity index (χ1v) is 5.46. The summed E-state index contributed by atoms with van der Waals surface area (Å²) in [6.45, 7) is 3.77. The maximum atomic E-state index is 11.2. The third-order valence-corrected chi connectivity index (χ3v) is 3.29. The van der Waals surface area contributed by atoms with Crippen molar-refractivity contribution in [2.45, 2.75) is 24.0 Å². The van der Waals surface area contributed by atoms with Crippen LogP contribution in [-0.2, 0) is 4.79 Å². The molecular formula is C10H15N3OS. The van der Waals surface area contributed by atoms with Gasteiger partial charge < -0.3 is 5.73 Å². The Hall–Kier alpha value is -1.20. The van der Waals surface area contributed by atoms with Gasteiger partial charge in [0.15, 0.2) is 0 Å². The van der Waals surface area contributed by atoms with Crippen molar-refractivity contribution in [3.8, 4) is 0 Å². The number of hydrazine groups is 1. The lowest BCUT2D eigenvalue weighted by atomic mass is 10.2. The van der Waals surface area contributed by atoms with Crippen LogP contribution in [0.15, 0.2) is 23.1 Å². The van der Waals surface area contributed by atoms with Crippen LogP contribution >= 0.6 is 11.8 Å². The molecule has 0 fully saturated rings. The van der Waals surface area contributed by atoms with Crippen molar-refractivity contribution in [2.75, 3.05) is 5.73 Å². The molecule has 0 aliphatic rings. The lowest BCUT2D eigenvalue weighted by Gasteiger charge is -2.11. The van der Waals surface area contributed by atoms with Crippen molar-refractivity contribution in [3.05, 3.63) is 23.8 Å². The second-order valence-electron chi connectivity index (χ2n) is 3.29. The van der Waals surface area contributed by atoms with E-state index < -0.39 is 0 Å². The minimum absolute atomic E-state index is 0.184. The van der Waals surface area contributed by atoms with Crippen molar-refractivity contribution in [1.29, 1.82) is 0 Å². The Morgan fingerprint density at radius 3 is 2.73 bits per heavy atom. The van der Waals surface area contributed by atoms with Crippen molar-refractivity contribution in [1.82, 2.24) is 5.43 Å². The number of hydrogen-bond acceptors (Lipinski definition) is 4. The molecule has 0 saturated carbocycles. The van der Waals surface area contributed by atoms with Gasteiger partial charge in [-0.25, -0.2) is 5.84 Å². The Balaban J connectivity index is 2.76. The van der Waals surface area contributed by atoms with E-state index in [4.69, 9.17) is 11.6 Å². The van der Waals surface area contributed by atoms with Crippen molar-refractivity contribution in [3.63, 3.8) is 0 Å². The molecule has 15 heavy (non-hydrogen) atoms. The fourth-order valence-corrected chi connectivity index (χ4v) is 2.11. The zero-order chi connectivity index (χ0) is 11.4. The van der Waals surface area contributed by atoms with Crippen molar-refractivity contribution in [2.24, 2.45) is 5.84 Å². The standard InChI is InChI=1S/C10H15N3OS/c1-6-5-8(11)3-4-9(6)15-7(2)10(14)13-12/h3-5,7H,11-12H2,1-2H3,(H,13,14). The van der Waals surface area contributed by atoms with Gasteiger partial charge in [0.25, 0.3) is 0 Å². The van der Waals surface area contributed by atoms with E-state index in [0.717, 1.165) is 16.1 Å². The van der Waals surface area contributed by atoms with Gasteiger partial charge in [0.2, 0.25) is 5.91 Å². The molecule has 1 rings (SSSR count). The summed E-state index contributed by atoms with van der Waals surface area (Å²) in [6, 6.07) is 5.62. The van der Waals surface area contributed by atoms with Gasteiger partial charge in [0, 0.05) is 10.6 Å². The predicted molar refractivity (Wildman–Crippen MR) is 63.2 cm³/mol. The van der Waals surface area contributed by atoms with Crippen LogP contribution in [0, 0.1) is 6.92 Å². The maximum absolute atomic E-state index is 11.2. The SMILES string of the molecule is Cc1cc(N)ccc1SC(C)C(=O)NN. The zero-order valence-electron chi connectivity index (χ0n) is 8.78. The molecule has 1 aromatic carbocycles. The van der Waals surface area contributed by atoms with Crippen molar-refractivity contribution < 1.29 is 4.79 Å². The summed E-state index contributed by atoms with van der Waals surface area (Å²) in [5.74, 6) is 4.87. The molecule has 0 aliphatic carbocycles. The molecule has 5 heteroatoms. The molecule has 0 saturated heterocycles. The van der Waals surface area contributed by atoms with Gasteiger partial charge >= 0.3 is 0 Å². The number of nitrogen functional groups attached to an aromatic ring is 1. The third-order valence-electron chi connectivity index (χ3n) is 2.01. The molecule has 1 amide bonds. The topological polar surface area (TPSA) is 81.1 Å². The number of hydrogen-bond donors (Lipinski definition) is 3. The lowest BCUT2D eigenvalue weighted by Crippen LogP contribution is -2.36. The van der Waals surface area contributed by atoms with Gasteiger partial charge in [-0.3, -0.25) is 10.2 Å². The minimum Gasteiger partial charge on any atom is -0.399 e. The van der Waals surface area contributed by atoms with Crippen LogP contribution in [0.4, 0.5) is 5.69 Å². The summed E-state index contributed by atoms with van der Waals surface area (Å²) in [4.78, 5) is 12.3. The molecule has 0 aromatic heterocycles. The second kappa shape index (κ2) is 5.04. The molecular weight excluding hydrogens is 210 g/mol. The number of amides is 1. The van der Waals surface area contributed by atoms with Crippen LogP contribution in [0.5, 0.6) is 0 Å². The molecule has 4 nitrogen and oxygen atoms in total. The Morgan fingerprint density at radius 2 is 2.20 bits per heavy atom.